The van der Waals surface area contributed by atoms with E-state index < -0.39 is 111 Å². The third-order valence-corrected chi connectivity index (χ3v) is 7.42. The molecule has 16 nitrogen and oxygen atoms in total. The van der Waals surface area contributed by atoms with E-state index >= 15 is 0 Å². The van der Waals surface area contributed by atoms with Crippen LogP contribution in [0.1, 0.15) is 6.42 Å². The number of nitrogens with two attached hydrogens (primary N) is 2. The van der Waals surface area contributed by atoms with Gasteiger partial charge in [0, 0.05) is 12.1 Å². The Balaban J connectivity index is 1.62. The molecule has 0 aromatic rings. The summed E-state index contributed by atoms with van der Waals surface area (Å²) in [6, 6.07) is -2.50. The van der Waals surface area contributed by atoms with Crippen molar-refractivity contribution in [2.45, 2.75) is 104 Å². The first-order valence-corrected chi connectivity index (χ1v) is 11.8. The summed E-state index contributed by atoms with van der Waals surface area (Å²) >= 11 is 0. The Morgan fingerprint density at radius 3 is 2.22 bits per heavy atom. The van der Waals surface area contributed by atoms with Gasteiger partial charge in [0.05, 0.1) is 31.5 Å². The first-order valence-electron chi connectivity index (χ1n) is 11.8. The molecule has 0 radical (unpaired) electrons. The van der Waals surface area contributed by atoms with Crippen molar-refractivity contribution < 1.29 is 64.5 Å². The molecule has 0 bridgehead atoms. The molecule has 0 amide bonds. The summed E-state index contributed by atoms with van der Waals surface area (Å²) in [4.78, 5) is 0. The van der Waals surface area contributed by atoms with E-state index in [9.17, 15) is 40.9 Å². The summed E-state index contributed by atoms with van der Waals surface area (Å²) in [5.41, 5.74) is 11.8. The monoisotopic (exact) mass is 527 g/mol. The molecule has 4 aliphatic rings. The lowest BCUT2D eigenvalue weighted by molar-refractivity contribution is -0.439. The molecule has 16 atom stereocenters. The van der Waals surface area contributed by atoms with Gasteiger partial charge in [-0.15, -0.1) is 0 Å². The molecule has 0 aromatic heterocycles. The van der Waals surface area contributed by atoms with Gasteiger partial charge < -0.3 is 81.3 Å². The number of aliphatic hydroxyl groups excluding tert-OH is 8. The van der Waals surface area contributed by atoms with Crippen LogP contribution in [0.15, 0.2) is 0 Å². The van der Waals surface area contributed by atoms with Gasteiger partial charge in [0.15, 0.2) is 12.4 Å². The van der Waals surface area contributed by atoms with Crippen molar-refractivity contribution in [3.63, 3.8) is 0 Å². The van der Waals surface area contributed by atoms with Crippen LogP contribution < -0.4 is 16.8 Å². The Kier molecular flexibility index (Phi) is 8.55. The van der Waals surface area contributed by atoms with Crippen LogP contribution in [0.4, 0.5) is 0 Å². The van der Waals surface area contributed by atoms with Gasteiger partial charge >= 0.3 is 5.97 Å². The number of ether oxygens (including phenoxy) is 5. The zero-order valence-corrected chi connectivity index (χ0v) is 19.6. The van der Waals surface area contributed by atoms with E-state index in [1.807, 2.05) is 0 Å². The highest BCUT2D eigenvalue weighted by molar-refractivity contribution is 5.05. The SMILES string of the molecule is CN[C@H]1C[C@@H](N)[C@H](O)[C@@H](O[C@@H]2O[C@H](CO)[C@H](O)[C@@H]3O[C@@]4(O[C@H]23)O[C@H]([C@@H](N)CO)[C@H](O)[C@H](O)[C@H]4O)[C@@H]1O. The Hall–Kier alpha value is -0.640. The number of fused-ring (bicyclic) bond motifs is 1. The summed E-state index contributed by atoms with van der Waals surface area (Å²) in [5, 5.41) is 85.6. The second kappa shape index (κ2) is 10.9. The molecule has 13 N–H and O–H groups in total. The van der Waals surface area contributed by atoms with Crippen molar-refractivity contribution in [3.8, 4) is 0 Å². The van der Waals surface area contributed by atoms with Gasteiger partial charge in [-0.05, 0) is 13.5 Å². The topological polar surface area (TPSA) is 272 Å². The van der Waals surface area contributed by atoms with Crippen LogP contribution in [0.5, 0.6) is 0 Å². The number of rotatable bonds is 6. The lowest BCUT2D eigenvalue weighted by Gasteiger charge is -2.46. The number of aliphatic hydroxyl groups is 8. The maximum Gasteiger partial charge on any atom is 0.314 e. The van der Waals surface area contributed by atoms with Crippen molar-refractivity contribution in [3.05, 3.63) is 0 Å². The Labute approximate surface area is 206 Å². The largest absolute Gasteiger partial charge is 0.395 e. The normalized spacial score (nSPS) is 54.4. The first-order chi connectivity index (χ1) is 17.0. The average molecular weight is 528 g/mol. The average Bonchev–Trinajstić information content (AvgIpc) is 3.27. The van der Waals surface area contributed by atoms with E-state index in [-0.39, 0.29) is 6.42 Å². The summed E-state index contributed by atoms with van der Waals surface area (Å²) < 4.78 is 28.7. The Morgan fingerprint density at radius 2 is 1.61 bits per heavy atom. The van der Waals surface area contributed by atoms with E-state index in [4.69, 9.17) is 35.2 Å². The molecule has 1 aliphatic carbocycles. The maximum absolute atomic E-state index is 10.7. The van der Waals surface area contributed by atoms with Crippen LogP contribution >= 0.6 is 0 Å². The lowest BCUT2D eigenvalue weighted by atomic mass is 9.84. The summed E-state index contributed by atoms with van der Waals surface area (Å²) in [6.45, 7) is -1.33. The second-order valence-electron chi connectivity index (χ2n) is 9.72. The zero-order valence-electron chi connectivity index (χ0n) is 19.6. The molecule has 1 spiro atoms. The first kappa shape index (κ1) is 28.4. The van der Waals surface area contributed by atoms with Crippen molar-refractivity contribution in [1.29, 1.82) is 0 Å². The molecule has 210 valence electrons. The van der Waals surface area contributed by atoms with Gasteiger partial charge in [-0.25, -0.2) is 0 Å². The molecule has 3 aliphatic heterocycles. The number of nitrogens with one attached hydrogen (secondary N) is 1. The third kappa shape index (κ3) is 4.68. The molecule has 4 fully saturated rings. The van der Waals surface area contributed by atoms with E-state index in [0.717, 1.165) is 0 Å². The molecule has 4 rings (SSSR count). The van der Waals surface area contributed by atoms with Gasteiger partial charge in [-0.1, -0.05) is 0 Å². The molecular formula is C20H37N3O13. The minimum absolute atomic E-state index is 0.254. The predicted octanol–water partition coefficient (Wildman–Crippen LogP) is -7.27. The second-order valence-corrected chi connectivity index (χ2v) is 9.72. The quantitative estimate of drug-likeness (QED) is 0.153. The van der Waals surface area contributed by atoms with Gasteiger partial charge in [0.1, 0.15) is 48.8 Å². The van der Waals surface area contributed by atoms with Crippen molar-refractivity contribution in [2.24, 2.45) is 11.5 Å². The van der Waals surface area contributed by atoms with Gasteiger partial charge in [-0.3, -0.25) is 0 Å². The highest BCUT2D eigenvalue weighted by Crippen LogP contribution is 2.45. The fraction of sp³-hybridized carbons (Fsp3) is 1.00. The van der Waals surface area contributed by atoms with E-state index in [0.29, 0.717) is 0 Å². The smallest absolute Gasteiger partial charge is 0.314 e. The highest BCUT2D eigenvalue weighted by atomic mass is 16.9. The van der Waals surface area contributed by atoms with Gasteiger partial charge in [0.25, 0.3) is 0 Å². The van der Waals surface area contributed by atoms with Crippen LogP contribution in [0.25, 0.3) is 0 Å². The van der Waals surface area contributed by atoms with Crippen molar-refractivity contribution >= 4 is 0 Å². The predicted molar refractivity (Wildman–Crippen MR) is 115 cm³/mol. The van der Waals surface area contributed by atoms with Crippen LogP contribution in [0.3, 0.4) is 0 Å². The van der Waals surface area contributed by atoms with Crippen LogP contribution in [-0.2, 0) is 23.7 Å². The van der Waals surface area contributed by atoms with Gasteiger partial charge in [-0.2, -0.15) is 0 Å². The van der Waals surface area contributed by atoms with Crippen LogP contribution in [0, 0.1) is 0 Å². The molecule has 3 saturated heterocycles. The van der Waals surface area contributed by atoms with Gasteiger partial charge in [0.2, 0.25) is 0 Å². The van der Waals surface area contributed by atoms with Crippen LogP contribution in [-0.4, -0.2) is 159 Å². The zero-order chi connectivity index (χ0) is 26.5. The van der Waals surface area contributed by atoms with E-state index in [1.165, 1.54) is 0 Å². The van der Waals surface area contributed by atoms with E-state index in [2.05, 4.69) is 5.32 Å². The third-order valence-electron chi connectivity index (χ3n) is 7.42. The minimum Gasteiger partial charge on any atom is -0.395 e. The summed E-state index contributed by atoms with van der Waals surface area (Å²) in [6.07, 6.45) is -17.7. The Morgan fingerprint density at radius 1 is 0.944 bits per heavy atom. The molecule has 3 heterocycles. The molecule has 16 heteroatoms. The maximum atomic E-state index is 10.7. The number of hydrogen-bond acceptors (Lipinski definition) is 16. The molecular weight excluding hydrogens is 490 g/mol. The fourth-order valence-corrected chi connectivity index (χ4v) is 5.23. The standard InChI is InChI=1S/C20H37N3O13/c1-23-7-2-5(21)9(26)15(10(7)27)33-19-17-16(11(28)8(4-25)32-19)35-20(36-17)18(31)13(30)12(29)14(34-20)6(22)3-24/h5-19,23-31H,2-4,21-22H2,1H3/t5-,6+,7+,8-,9+,10-,11+,12-,13+,14-,15-,16+,17+,18-,19+,20+/m1/s1. The number of hydrogen-bond donors (Lipinski definition) is 11. The van der Waals surface area contributed by atoms with Crippen LogP contribution in [0.2, 0.25) is 0 Å². The number of likely N-dealkylation sites (N-methyl/N-ethyl adjacent to an activating group) is 1. The molecule has 0 aromatic carbocycles. The molecule has 1 saturated carbocycles. The van der Waals surface area contributed by atoms with Crippen molar-refractivity contribution in [2.75, 3.05) is 20.3 Å². The molecule has 0 unspecified atom stereocenters. The highest BCUT2D eigenvalue weighted by Gasteiger charge is 2.67. The minimum atomic E-state index is -2.48. The fourth-order valence-electron chi connectivity index (χ4n) is 5.23. The summed E-state index contributed by atoms with van der Waals surface area (Å²) in [5.74, 6) is -2.48. The summed E-state index contributed by atoms with van der Waals surface area (Å²) in [7, 11) is 1.60. The lowest BCUT2D eigenvalue weighted by Crippen LogP contribution is -2.69. The van der Waals surface area contributed by atoms with E-state index in [1.54, 1.807) is 7.05 Å². The molecule has 36 heavy (non-hydrogen) atoms. The Bertz CT molecular complexity index is 756. The van der Waals surface area contributed by atoms with Crippen molar-refractivity contribution in [1.82, 2.24) is 5.32 Å².